The summed E-state index contributed by atoms with van der Waals surface area (Å²) in [4.78, 5) is 20.8. The highest BCUT2D eigenvalue weighted by atomic mass is 32.1. The minimum atomic E-state index is -0.0170. The molecule has 0 saturated carbocycles. The van der Waals surface area contributed by atoms with Crippen LogP contribution in [0, 0.1) is 0 Å². The highest BCUT2D eigenvalue weighted by Crippen LogP contribution is 2.14. The van der Waals surface area contributed by atoms with Crippen LogP contribution in [0.1, 0.15) is 5.69 Å². The third-order valence-corrected chi connectivity index (χ3v) is 3.76. The van der Waals surface area contributed by atoms with Crippen LogP contribution in [0.15, 0.2) is 40.9 Å². The van der Waals surface area contributed by atoms with Gasteiger partial charge >= 0.3 is 0 Å². The van der Waals surface area contributed by atoms with E-state index in [4.69, 9.17) is 0 Å². The van der Waals surface area contributed by atoms with Gasteiger partial charge in [-0.15, -0.1) is 11.3 Å². The second kappa shape index (κ2) is 4.81. The summed E-state index contributed by atoms with van der Waals surface area (Å²) in [7, 11) is 1.85. The molecule has 3 rings (SSSR count). The number of nitrogens with one attached hydrogen (secondary N) is 1. The zero-order valence-electron chi connectivity index (χ0n) is 10.3. The van der Waals surface area contributed by atoms with E-state index >= 15 is 0 Å². The predicted molar refractivity (Wildman–Crippen MR) is 76.8 cm³/mol. The molecule has 5 nitrogen and oxygen atoms in total. The lowest BCUT2D eigenvalue weighted by Crippen LogP contribution is -2.20. The molecular weight excluding hydrogens is 260 g/mol. The lowest BCUT2D eigenvalue weighted by molar-refractivity contribution is 0.731. The van der Waals surface area contributed by atoms with Crippen molar-refractivity contribution in [1.82, 2.24) is 14.5 Å². The number of rotatable bonds is 3. The topological polar surface area (TPSA) is 59.8 Å². The lowest BCUT2D eigenvalue weighted by Gasteiger charge is -2.06. The largest absolute Gasteiger partial charge is 0.388 e. The quantitative estimate of drug-likeness (QED) is 0.791. The van der Waals surface area contributed by atoms with E-state index in [1.807, 2.05) is 30.6 Å². The number of fused-ring (bicyclic) bond motifs is 1. The van der Waals surface area contributed by atoms with E-state index in [2.05, 4.69) is 15.3 Å². The standard InChI is InChI=1S/C13H12N4OS/c1-14-9-2-4-15-10(6-9)7-17-8-16-11-3-5-19-12(11)13(17)18/h2-6,8H,7H2,1H3,(H,14,15). The minimum absolute atomic E-state index is 0.0170. The summed E-state index contributed by atoms with van der Waals surface area (Å²) in [5.74, 6) is 0. The SMILES string of the molecule is CNc1ccnc(Cn2cnc3ccsc3c2=O)c1. The van der Waals surface area contributed by atoms with Crippen molar-refractivity contribution in [3.05, 3.63) is 52.2 Å². The molecular formula is C13H12N4OS. The van der Waals surface area contributed by atoms with Gasteiger partial charge in [-0.2, -0.15) is 0 Å². The number of aromatic nitrogens is 3. The van der Waals surface area contributed by atoms with Gasteiger partial charge in [-0.3, -0.25) is 14.3 Å². The Morgan fingerprint density at radius 2 is 2.26 bits per heavy atom. The fraction of sp³-hybridized carbons (Fsp3) is 0.154. The first-order chi connectivity index (χ1) is 9.28. The van der Waals surface area contributed by atoms with Crippen molar-refractivity contribution in [2.45, 2.75) is 6.54 Å². The van der Waals surface area contributed by atoms with Crippen LogP contribution >= 0.6 is 11.3 Å². The van der Waals surface area contributed by atoms with Crippen molar-refractivity contribution in [2.75, 3.05) is 12.4 Å². The highest BCUT2D eigenvalue weighted by Gasteiger charge is 2.06. The zero-order valence-corrected chi connectivity index (χ0v) is 11.1. The molecule has 0 aliphatic heterocycles. The Morgan fingerprint density at radius 1 is 1.37 bits per heavy atom. The lowest BCUT2D eigenvalue weighted by atomic mass is 10.3. The number of thiophene rings is 1. The fourth-order valence-corrected chi connectivity index (χ4v) is 2.68. The van der Waals surface area contributed by atoms with Gasteiger partial charge in [0.25, 0.3) is 5.56 Å². The molecule has 0 aliphatic carbocycles. The molecule has 0 aliphatic rings. The average molecular weight is 272 g/mol. The van der Waals surface area contributed by atoms with Gasteiger partial charge in [0.05, 0.1) is 24.1 Å². The number of hydrogen-bond acceptors (Lipinski definition) is 5. The summed E-state index contributed by atoms with van der Waals surface area (Å²) in [5, 5.41) is 4.93. The molecule has 6 heteroatoms. The Labute approximate surface area is 113 Å². The molecule has 3 aromatic rings. The van der Waals surface area contributed by atoms with Crippen LogP contribution in [0.4, 0.5) is 5.69 Å². The average Bonchev–Trinajstić information content (AvgIpc) is 2.91. The predicted octanol–water partition coefficient (Wildman–Crippen LogP) is 1.94. The van der Waals surface area contributed by atoms with E-state index in [0.29, 0.717) is 11.2 Å². The van der Waals surface area contributed by atoms with E-state index in [1.165, 1.54) is 11.3 Å². The molecule has 0 saturated heterocycles. The smallest absolute Gasteiger partial charge is 0.271 e. The fourth-order valence-electron chi connectivity index (χ4n) is 1.89. The normalized spacial score (nSPS) is 10.8. The van der Waals surface area contributed by atoms with E-state index < -0.39 is 0 Å². The van der Waals surface area contributed by atoms with E-state index in [9.17, 15) is 4.79 Å². The van der Waals surface area contributed by atoms with Crippen LogP contribution in [-0.4, -0.2) is 21.6 Å². The molecule has 0 unspecified atom stereocenters. The Kier molecular flexibility index (Phi) is 3.00. The summed E-state index contributed by atoms with van der Waals surface area (Å²) in [6, 6.07) is 5.66. The molecule has 0 amide bonds. The van der Waals surface area contributed by atoms with Gasteiger partial charge in [0.1, 0.15) is 4.70 Å². The van der Waals surface area contributed by atoms with Crippen molar-refractivity contribution in [3.63, 3.8) is 0 Å². The minimum Gasteiger partial charge on any atom is -0.388 e. The van der Waals surface area contributed by atoms with Crippen molar-refractivity contribution >= 4 is 27.2 Å². The third-order valence-electron chi connectivity index (χ3n) is 2.87. The second-order valence-corrected chi connectivity index (χ2v) is 5.01. The highest BCUT2D eigenvalue weighted by molar-refractivity contribution is 7.17. The Morgan fingerprint density at radius 3 is 3.11 bits per heavy atom. The summed E-state index contributed by atoms with van der Waals surface area (Å²) >= 11 is 1.42. The van der Waals surface area contributed by atoms with Crippen LogP contribution in [0.25, 0.3) is 10.2 Å². The monoisotopic (exact) mass is 272 g/mol. The van der Waals surface area contributed by atoms with Crippen molar-refractivity contribution in [3.8, 4) is 0 Å². The van der Waals surface area contributed by atoms with Crippen molar-refractivity contribution < 1.29 is 0 Å². The first-order valence-electron chi connectivity index (χ1n) is 5.83. The van der Waals surface area contributed by atoms with E-state index in [1.54, 1.807) is 17.1 Å². The maximum Gasteiger partial charge on any atom is 0.271 e. The molecule has 0 fully saturated rings. The number of anilines is 1. The van der Waals surface area contributed by atoms with Gasteiger partial charge in [0, 0.05) is 18.9 Å². The van der Waals surface area contributed by atoms with Crippen LogP contribution in [-0.2, 0) is 6.54 Å². The molecule has 19 heavy (non-hydrogen) atoms. The molecule has 96 valence electrons. The maximum atomic E-state index is 12.2. The molecule has 3 aromatic heterocycles. The van der Waals surface area contributed by atoms with Crippen LogP contribution in [0.5, 0.6) is 0 Å². The Bertz CT molecular complexity index is 777. The summed E-state index contributed by atoms with van der Waals surface area (Å²) in [6.07, 6.45) is 3.30. The maximum absolute atomic E-state index is 12.2. The Hall–Kier alpha value is -2.21. The van der Waals surface area contributed by atoms with Gasteiger partial charge in [0.15, 0.2) is 0 Å². The van der Waals surface area contributed by atoms with E-state index in [0.717, 1.165) is 16.9 Å². The van der Waals surface area contributed by atoms with Crippen LogP contribution < -0.4 is 10.9 Å². The molecule has 3 heterocycles. The van der Waals surface area contributed by atoms with Crippen LogP contribution in [0.3, 0.4) is 0 Å². The Balaban J connectivity index is 2.00. The summed E-state index contributed by atoms with van der Waals surface area (Å²) in [6.45, 7) is 0.426. The van der Waals surface area contributed by atoms with Crippen molar-refractivity contribution in [1.29, 1.82) is 0 Å². The van der Waals surface area contributed by atoms with Gasteiger partial charge in [0.2, 0.25) is 0 Å². The first kappa shape index (κ1) is 11.9. The second-order valence-electron chi connectivity index (χ2n) is 4.10. The molecule has 0 atom stereocenters. The first-order valence-corrected chi connectivity index (χ1v) is 6.71. The van der Waals surface area contributed by atoms with Crippen molar-refractivity contribution in [2.24, 2.45) is 0 Å². The molecule has 0 bridgehead atoms. The van der Waals surface area contributed by atoms with Gasteiger partial charge in [-0.25, -0.2) is 4.98 Å². The summed E-state index contributed by atoms with van der Waals surface area (Å²) < 4.78 is 2.27. The molecule has 0 aromatic carbocycles. The number of nitrogens with zero attached hydrogens (tertiary/aromatic N) is 3. The van der Waals surface area contributed by atoms with Crippen LogP contribution in [0.2, 0.25) is 0 Å². The van der Waals surface area contributed by atoms with E-state index in [-0.39, 0.29) is 5.56 Å². The molecule has 0 spiro atoms. The van der Waals surface area contributed by atoms with Gasteiger partial charge in [-0.05, 0) is 23.6 Å². The summed E-state index contributed by atoms with van der Waals surface area (Å²) in [5.41, 5.74) is 2.54. The van der Waals surface area contributed by atoms with Gasteiger partial charge < -0.3 is 5.32 Å². The molecule has 1 N–H and O–H groups in total. The third kappa shape index (κ3) is 2.22. The number of pyridine rings is 1. The molecule has 0 radical (unpaired) electrons. The van der Waals surface area contributed by atoms with Gasteiger partial charge in [-0.1, -0.05) is 0 Å². The zero-order chi connectivity index (χ0) is 13.2. The number of hydrogen-bond donors (Lipinski definition) is 1.